The number of H-pyrrole nitrogens is 1. The Kier molecular flexibility index (Phi) is 7.33. The second kappa shape index (κ2) is 11.1. The van der Waals surface area contributed by atoms with Crippen LogP contribution in [0.2, 0.25) is 10.0 Å². The number of aryl methyl sites for hydroxylation is 1. The first-order valence-corrected chi connectivity index (χ1v) is 13.8. The van der Waals surface area contributed by atoms with Gasteiger partial charge in [-0.25, -0.2) is 4.90 Å². The third kappa shape index (κ3) is 5.36. The number of aromatic nitrogens is 3. The Labute approximate surface area is 241 Å². The van der Waals surface area contributed by atoms with Gasteiger partial charge in [0.2, 0.25) is 0 Å². The third-order valence-corrected chi connectivity index (χ3v) is 7.72. The smallest absolute Gasteiger partial charge is 0.260 e. The Hall–Kier alpha value is -3.69. The maximum atomic E-state index is 11.3. The molecule has 4 N–H and O–H groups in total. The summed E-state index contributed by atoms with van der Waals surface area (Å²) in [6.45, 7) is 3.59. The third-order valence-electron chi connectivity index (χ3n) is 7.23. The van der Waals surface area contributed by atoms with Gasteiger partial charge >= 0.3 is 0 Å². The molecule has 40 heavy (non-hydrogen) atoms. The number of hydrogen-bond donors (Lipinski definition) is 3. The van der Waals surface area contributed by atoms with Gasteiger partial charge in [-0.05, 0) is 79.1 Å². The minimum Gasteiger partial charge on any atom is -0.492 e. The fraction of sp³-hybridized carbons (Fsp3) is 0.233. The van der Waals surface area contributed by atoms with Gasteiger partial charge in [-0.2, -0.15) is 5.10 Å². The van der Waals surface area contributed by atoms with Gasteiger partial charge < -0.3 is 25.3 Å². The quantitative estimate of drug-likeness (QED) is 0.197. The molecule has 2 unspecified atom stereocenters. The SMILES string of the molecule is Cc1cc(N)nn1CCOc1ccc(C2c3[nH]c4ccc(Cl)cc4c3CCN2C(O)Oc2ccc(Cl)cc2)cc1. The molecule has 2 atom stereocenters. The Bertz CT molecular complexity index is 1630. The van der Waals surface area contributed by atoms with Crippen molar-refractivity contribution in [3.63, 3.8) is 0 Å². The largest absolute Gasteiger partial charge is 0.492 e. The number of halogens is 2. The topological polar surface area (TPSA) is 102 Å². The van der Waals surface area contributed by atoms with E-state index in [4.69, 9.17) is 38.4 Å². The Morgan fingerprint density at radius 1 is 1.02 bits per heavy atom. The van der Waals surface area contributed by atoms with Crippen molar-refractivity contribution in [2.75, 3.05) is 18.9 Å². The van der Waals surface area contributed by atoms with Crippen molar-refractivity contribution in [2.24, 2.45) is 0 Å². The number of nitrogens with one attached hydrogen (secondary N) is 1. The zero-order valence-electron chi connectivity index (χ0n) is 21.8. The number of aliphatic hydroxyl groups is 1. The molecule has 0 amide bonds. The number of benzene rings is 3. The number of nitrogens with two attached hydrogens (primary N) is 1. The molecule has 3 heterocycles. The average Bonchev–Trinajstić information content (AvgIpc) is 3.47. The number of nitrogens with zero attached hydrogens (tertiary/aromatic N) is 3. The number of rotatable bonds is 8. The van der Waals surface area contributed by atoms with Gasteiger partial charge in [0.1, 0.15) is 23.9 Å². The molecule has 0 spiro atoms. The van der Waals surface area contributed by atoms with Crippen LogP contribution in [0.25, 0.3) is 10.9 Å². The fourth-order valence-electron chi connectivity index (χ4n) is 5.34. The zero-order chi connectivity index (χ0) is 27.8. The van der Waals surface area contributed by atoms with Crippen LogP contribution >= 0.6 is 23.2 Å². The van der Waals surface area contributed by atoms with Crippen LogP contribution in [0, 0.1) is 6.92 Å². The standard InChI is InChI=1S/C30H29Cl2N5O3/c1-18-16-27(33)35-37(18)14-15-39-22-7-2-19(3-8-22)29-28-24(25-17-21(32)6-11-26(25)34-28)12-13-36(29)30(38)40-23-9-4-20(31)5-10-23/h2-11,16-17,29-30,34,38H,12-15H2,1H3,(H2,33,35). The minimum atomic E-state index is -1.19. The highest BCUT2D eigenvalue weighted by Gasteiger charge is 2.36. The van der Waals surface area contributed by atoms with Gasteiger partial charge in [0.15, 0.2) is 0 Å². The molecular weight excluding hydrogens is 549 g/mol. The van der Waals surface area contributed by atoms with Crippen molar-refractivity contribution in [3.05, 3.63) is 105 Å². The lowest BCUT2D eigenvalue weighted by molar-refractivity contribution is -0.150. The van der Waals surface area contributed by atoms with Gasteiger partial charge in [-0.3, -0.25) is 4.68 Å². The number of hydrogen-bond acceptors (Lipinski definition) is 6. The molecule has 206 valence electrons. The predicted molar refractivity (Wildman–Crippen MR) is 157 cm³/mol. The van der Waals surface area contributed by atoms with Crippen LogP contribution < -0.4 is 15.2 Å². The first-order valence-electron chi connectivity index (χ1n) is 13.0. The van der Waals surface area contributed by atoms with Gasteiger partial charge in [0, 0.05) is 44.9 Å². The van der Waals surface area contributed by atoms with Gasteiger partial charge in [-0.1, -0.05) is 35.3 Å². The van der Waals surface area contributed by atoms with E-state index in [-0.39, 0.29) is 6.04 Å². The molecule has 5 aromatic rings. The summed E-state index contributed by atoms with van der Waals surface area (Å²) in [7, 11) is 0. The highest BCUT2D eigenvalue weighted by Crippen LogP contribution is 2.40. The lowest BCUT2D eigenvalue weighted by atomic mass is 9.92. The minimum absolute atomic E-state index is 0.291. The summed E-state index contributed by atoms with van der Waals surface area (Å²) in [5, 5.41) is 17.9. The van der Waals surface area contributed by atoms with Gasteiger partial charge in [-0.15, -0.1) is 0 Å². The van der Waals surface area contributed by atoms with E-state index in [1.54, 1.807) is 24.3 Å². The predicted octanol–water partition coefficient (Wildman–Crippen LogP) is 5.94. The number of nitrogen functional groups attached to an aromatic ring is 1. The molecule has 10 heteroatoms. The molecule has 0 saturated carbocycles. The van der Waals surface area contributed by atoms with Crippen molar-refractivity contribution in [1.29, 1.82) is 0 Å². The van der Waals surface area contributed by atoms with E-state index >= 15 is 0 Å². The van der Waals surface area contributed by atoms with Crippen LogP contribution in [0.4, 0.5) is 5.82 Å². The fourth-order valence-corrected chi connectivity index (χ4v) is 5.63. The zero-order valence-corrected chi connectivity index (χ0v) is 23.4. The molecule has 6 rings (SSSR count). The Balaban J connectivity index is 1.27. The molecule has 0 fully saturated rings. The van der Waals surface area contributed by atoms with Crippen molar-refractivity contribution in [3.8, 4) is 11.5 Å². The number of aliphatic hydroxyl groups excluding tert-OH is 1. The molecule has 0 bridgehead atoms. The molecule has 1 aliphatic rings. The molecule has 2 aromatic heterocycles. The van der Waals surface area contributed by atoms with E-state index in [9.17, 15) is 5.11 Å². The summed E-state index contributed by atoms with van der Waals surface area (Å²) >= 11 is 12.4. The number of anilines is 1. The Morgan fingerprint density at radius 2 is 1.75 bits per heavy atom. The lowest BCUT2D eigenvalue weighted by Crippen LogP contribution is -2.46. The van der Waals surface area contributed by atoms with E-state index in [0.29, 0.717) is 41.3 Å². The van der Waals surface area contributed by atoms with E-state index < -0.39 is 6.41 Å². The van der Waals surface area contributed by atoms with Crippen LogP contribution in [0.3, 0.4) is 0 Å². The molecule has 1 aliphatic heterocycles. The average molecular weight is 579 g/mol. The molecular formula is C30H29Cl2N5O3. The van der Waals surface area contributed by atoms with Crippen molar-refractivity contribution < 1.29 is 14.6 Å². The highest BCUT2D eigenvalue weighted by atomic mass is 35.5. The summed E-state index contributed by atoms with van der Waals surface area (Å²) in [5.41, 5.74) is 10.9. The van der Waals surface area contributed by atoms with Crippen LogP contribution in [-0.2, 0) is 13.0 Å². The van der Waals surface area contributed by atoms with E-state index in [1.807, 2.05) is 65.0 Å². The molecule has 0 radical (unpaired) electrons. The highest BCUT2D eigenvalue weighted by molar-refractivity contribution is 6.31. The summed E-state index contributed by atoms with van der Waals surface area (Å²) in [6, 6.07) is 22.3. The molecule has 8 nitrogen and oxygen atoms in total. The number of fused-ring (bicyclic) bond motifs is 3. The summed E-state index contributed by atoms with van der Waals surface area (Å²) in [5.74, 6) is 1.77. The first-order chi connectivity index (χ1) is 19.4. The molecule has 3 aromatic carbocycles. The van der Waals surface area contributed by atoms with Crippen molar-refractivity contribution in [2.45, 2.75) is 32.3 Å². The van der Waals surface area contributed by atoms with Crippen LogP contribution in [0.15, 0.2) is 72.8 Å². The maximum absolute atomic E-state index is 11.3. The normalized spacial score (nSPS) is 16.1. The van der Waals surface area contributed by atoms with Crippen LogP contribution in [-0.4, -0.2) is 44.3 Å². The first kappa shape index (κ1) is 26.5. The van der Waals surface area contributed by atoms with E-state index in [0.717, 1.165) is 40.0 Å². The maximum Gasteiger partial charge on any atom is 0.260 e. The number of ether oxygens (including phenoxy) is 2. The van der Waals surface area contributed by atoms with Crippen LogP contribution in [0.1, 0.15) is 28.6 Å². The second-order valence-electron chi connectivity index (χ2n) is 9.85. The summed E-state index contributed by atoms with van der Waals surface area (Å²) in [4.78, 5) is 5.53. The lowest BCUT2D eigenvalue weighted by Gasteiger charge is -2.38. The van der Waals surface area contributed by atoms with Crippen molar-refractivity contribution in [1.82, 2.24) is 19.7 Å². The second-order valence-corrected chi connectivity index (χ2v) is 10.7. The van der Waals surface area contributed by atoms with Crippen LogP contribution in [0.5, 0.6) is 11.5 Å². The summed E-state index contributed by atoms with van der Waals surface area (Å²) < 4.78 is 13.8. The Morgan fingerprint density at radius 3 is 2.48 bits per heavy atom. The summed E-state index contributed by atoms with van der Waals surface area (Å²) in [6.07, 6.45) is -0.457. The number of aromatic amines is 1. The van der Waals surface area contributed by atoms with Crippen molar-refractivity contribution >= 4 is 39.9 Å². The van der Waals surface area contributed by atoms with E-state index in [1.165, 1.54) is 5.56 Å². The molecule has 0 aliphatic carbocycles. The monoisotopic (exact) mass is 577 g/mol. The van der Waals surface area contributed by atoms with E-state index in [2.05, 4.69) is 10.1 Å². The van der Waals surface area contributed by atoms with Gasteiger partial charge in [0.05, 0.1) is 12.6 Å². The van der Waals surface area contributed by atoms with Gasteiger partial charge in [0.25, 0.3) is 6.41 Å². The molecule has 0 saturated heterocycles.